The fourth-order valence-electron chi connectivity index (χ4n) is 2.92. The van der Waals surface area contributed by atoms with Crippen LogP contribution in [0.4, 0.5) is 5.69 Å². The van der Waals surface area contributed by atoms with Crippen molar-refractivity contribution in [3.8, 4) is 0 Å². The van der Waals surface area contributed by atoms with Gasteiger partial charge in [0.15, 0.2) is 5.16 Å². The van der Waals surface area contributed by atoms with Gasteiger partial charge < -0.3 is 9.88 Å². The minimum atomic E-state index is -0.000576. The van der Waals surface area contributed by atoms with E-state index in [0.29, 0.717) is 17.6 Å². The number of hydrogen-bond donors (Lipinski definition) is 1. The van der Waals surface area contributed by atoms with Crippen LogP contribution in [0.3, 0.4) is 0 Å². The summed E-state index contributed by atoms with van der Waals surface area (Å²) in [7, 11) is 0. The number of carbonyl (C=O) groups excluding carboxylic acids is 1. The Kier molecular flexibility index (Phi) is 5.78. The molecule has 1 aliphatic carbocycles. The van der Waals surface area contributed by atoms with Crippen LogP contribution in [0, 0.1) is 0 Å². The fraction of sp³-hybridized carbons (Fsp3) is 0.526. The van der Waals surface area contributed by atoms with Gasteiger partial charge in [0.2, 0.25) is 5.91 Å². The van der Waals surface area contributed by atoms with Crippen molar-refractivity contribution in [1.82, 2.24) is 14.8 Å². The molecule has 1 saturated carbocycles. The largest absolute Gasteiger partial charge is 0.325 e. The molecule has 6 heteroatoms. The van der Waals surface area contributed by atoms with Gasteiger partial charge in [-0.15, -0.1) is 10.2 Å². The highest BCUT2D eigenvalue weighted by Crippen LogP contribution is 2.40. The first-order chi connectivity index (χ1) is 12.1. The number of amides is 1. The number of thioether (sulfide) groups is 1. The summed E-state index contributed by atoms with van der Waals surface area (Å²) in [6.07, 6.45) is 3.45. The Balaban J connectivity index is 1.62. The lowest BCUT2D eigenvalue weighted by Crippen LogP contribution is -2.16. The molecule has 0 spiro atoms. The molecule has 0 radical (unpaired) electrons. The lowest BCUT2D eigenvalue weighted by molar-refractivity contribution is -0.113. The van der Waals surface area contributed by atoms with Gasteiger partial charge >= 0.3 is 0 Å². The quantitative estimate of drug-likeness (QED) is 0.710. The number of aromatic nitrogens is 3. The van der Waals surface area contributed by atoms with Gasteiger partial charge in [0, 0.05) is 18.2 Å². The van der Waals surface area contributed by atoms with Gasteiger partial charge in [0.25, 0.3) is 0 Å². The molecule has 0 bridgehead atoms. The van der Waals surface area contributed by atoms with E-state index >= 15 is 0 Å². The first-order valence-corrected chi connectivity index (χ1v) is 10.1. The highest BCUT2D eigenvalue weighted by Gasteiger charge is 2.30. The maximum absolute atomic E-state index is 12.4. The average molecular weight is 359 g/mol. The number of para-hydroxylation sites is 1. The van der Waals surface area contributed by atoms with Crippen molar-refractivity contribution in [2.75, 3.05) is 11.1 Å². The fourth-order valence-corrected chi connectivity index (χ4v) is 3.73. The third-order valence-electron chi connectivity index (χ3n) is 4.71. The van der Waals surface area contributed by atoms with Crippen LogP contribution in [0.2, 0.25) is 0 Å². The number of carbonyl (C=O) groups is 1. The molecule has 5 nitrogen and oxygen atoms in total. The molecule has 3 rings (SSSR count). The molecule has 1 N–H and O–H groups in total. The monoisotopic (exact) mass is 358 g/mol. The van der Waals surface area contributed by atoms with E-state index in [0.717, 1.165) is 29.6 Å². The van der Waals surface area contributed by atoms with Crippen molar-refractivity contribution in [3.63, 3.8) is 0 Å². The van der Waals surface area contributed by atoms with Gasteiger partial charge in [-0.1, -0.05) is 43.8 Å². The minimum absolute atomic E-state index is 0.000576. The molecule has 1 atom stereocenters. The summed E-state index contributed by atoms with van der Waals surface area (Å²) >= 11 is 1.46. The Hall–Kier alpha value is -1.82. The van der Waals surface area contributed by atoms with E-state index in [9.17, 15) is 4.79 Å². The molecule has 1 aliphatic rings. The first-order valence-electron chi connectivity index (χ1n) is 9.08. The van der Waals surface area contributed by atoms with Crippen LogP contribution in [0.1, 0.15) is 63.3 Å². The molecule has 1 amide bonds. The molecule has 134 valence electrons. The molecule has 1 heterocycles. The molecular formula is C19H26N4OS. The Morgan fingerprint density at radius 1 is 1.32 bits per heavy atom. The Morgan fingerprint density at radius 2 is 2.08 bits per heavy atom. The molecule has 0 aliphatic heterocycles. The topological polar surface area (TPSA) is 59.8 Å². The van der Waals surface area contributed by atoms with Crippen LogP contribution < -0.4 is 5.32 Å². The number of nitrogens with one attached hydrogen (secondary N) is 1. The lowest BCUT2D eigenvalue weighted by Gasteiger charge is -2.15. The first kappa shape index (κ1) is 18.0. The normalized spacial score (nSPS) is 15.2. The molecular weight excluding hydrogens is 332 g/mol. The number of nitrogens with zero attached hydrogens (tertiary/aromatic N) is 3. The van der Waals surface area contributed by atoms with E-state index in [4.69, 9.17) is 0 Å². The Morgan fingerprint density at radius 3 is 2.76 bits per heavy atom. The molecule has 1 fully saturated rings. The van der Waals surface area contributed by atoms with Crippen molar-refractivity contribution >= 4 is 23.4 Å². The van der Waals surface area contributed by atoms with Crippen LogP contribution in [0.25, 0.3) is 0 Å². The van der Waals surface area contributed by atoms with E-state index in [1.165, 1.54) is 30.2 Å². The van der Waals surface area contributed by atoms with E-state index < -0.39 is 0 Å². The van der Waals surface area contributed by atoms with Crippen molar-refractivity contribution in [2.24, 2.45) is 0 Å². The van der Waals surface area contributed by atoms with Gasteiger partial charge in [-0.2, -0.15) is 0 Å². The summed E-state index contributed by atoms with van der Waals surface area (Å²) in [6.45, 7) is 7.29. The summed E-state index contributed by atoms with van der Waals surface area (Å²) in [6, 6.07) is 8.05. The number of hydrogen-bond acceptors (Lipinski definition) is 4. The number of anilines is 1. The second kappa shape index (κ2) is 8.04. The molecule has 0 saturated heterocycles. The van der Waals surface area contributed by atoms with Crippen molar-refractivity contribution in [1.29, 1.82) is 0 Å². The van der Waals surface area contributed by atoms with Crippen molar-refractivity contribution < 1.29 is 4.79 Å². The molecule has 2 aromatic rings. The maximum Gasteiger partial charge on any atom is 0.234 e. The Labute approximate surface area is 153 Å². The molecule has 1 aromatic carbocycles. The molecule has 25 heavy (non-hydrogen) atoms. The highest BCUT2D eigenvalue weighted by molar-refractivity contribution is 7.99. The number of benzene rings is 1. The summed E-state index contributed by atoms with van der Waals surface area (Å²) in [5.41, 5.74) is 2.11. The van der Waals surface area contributed by atoms with Gasteiger partial charge in [-0.25, -0.2) is 0 Å². The van der Waals surface area contributed by atoms with Crippen LogP contribution >= 0.6 is 11.8 Å². The molecule has 1 aromatic heterocycles. The van der Waals surface area contributed by atoms with E-state index in [1.54, 1.807) is 0 Å². The van der Waals surface area contributed by atoms with E-state index in [1.807, 2.05) is 18.2 Å². The standard InChI is InChI=1S/C19H26N4OS/c1-4-13(3)15-8-6-7-9-16(15)20-17(24)12-25-19-22-21-18(14-10-11-14)23(19)5-2/h6-9,13-14H,4-5,10-12H2,1-3H3,(H,20,24)/t13-/m0/s1. The predicted octanol–water partition coefficient (Wildman–Crippen LogP) is 4.42. The zero-order valence-electron chi connectivity index (χ0n) is 15.2. The summed E-state index contributed by atoms with van der Waals surface area (Å²) in [5.74, 6) is 2.41. The maximum atomic E-state index is 12.4. The number of rotatable bonds is 8. The van der Waals surface area contributed by atoms with Gasteiger partial charge in [-0.3, -0.25) is 4.79 Å². The van der Waals surface area contributed by atoms with Crippen LogP contribution in [-0.2, 0) is 11.3 Å². The van der Waals surface area contributed by atoms with E-state index in [-0.39, 0.29) is 5.91 Å². The van der Waals surface area contributed by atoms with Gasteiger partial charge in [-0.05, 0) is 43.7 Å². The summed E-state index contributed by atoms with van der Waals surface area (Å²) in [4.78, 5) is 12.4. The zero-order chi connectivity index (χ0) is 17.8. The second-order valence-corrected chi connectivity index (χ2v) is 7.54. The van der Waals surface area contributed by atoms with Gasteiger partial charge in [0.05, 0.1) is 5.75 Å². The summed E-state index contributed by atoms with van der Waals surface area (Å²) < 4.78 is 2.14. The van der Waals surface area contributed by atoms with Crippen molar-refractivity contribution in [3.05, 3.63) is 35.7 Å². The summed E-state index contributed by atoms with van der Waals surface area (Å²) in [5, 5.41) is 12.5. The van der Waals surface area contributed by atoms with Gasteiger partial charge in [0.1, 0.15) is 5.82 Å². The molecule has 0 unspecified atom stereocenters. The minimum Gasteiger partial charge on any atom is -0.325 e. The van der Waals surface area contributed by atoms with E-state index in [2.05, 4.69) is 46.9 Å². The third-order valence-corrected chi connectivity index (χ3v) is 5.68. The Bertz CT molecular complexity index is 739. The van der Waals surface area contributed by atoms with Crippen LogP contribution in [0.15, 0.2) is 29.4 Å². The van der Waals surface area contributed by atoms with Crippen LogP contribution in [-0.4, -0.2) is 26.4 Å². The van der Waals surface area contributed by atoms with Crippen molar-refractivity contribution in [2.45, 2.75) is 63.6 Å². The lowest BCUT2D eigenvalue weighted by atomic mass is 9.97. The smallest absolute Gasteiger partial charge is 0.234 e. The second-order valence-electron chi connectivity index (χ2n) is 6.59. The van der Waals surface area contributed by atoms with Crippen LogP contribution in [0.5, 0.6) is 0 Å². The third kappa shape index (κ3) is 4.24. The SMILES string of the molecule is CC[C@H](C)c1ccccc1NC(=O)CSc1nnc(C2CC2)n1CC. The zero-order valence-corrected chi connectivity index (χ0v) is 16.0. The predicted molar refractivity (Wildman–Crippen MR) is 102 cm³/mol. The highest BCUT2D eigenvalue weighted by atomic mass is 32.2. The average Bonchev–Trinajstić information content (AvgIpc) is 3.39.